The van der Waals surface area contributed by atoms with Crippen molar-refractivity contribution in [3.05, 3.63) is 42.7 Å². The molecule has 8 nitrogen and oxygen atoms in total. The molecule has 8 heteroatoms. The van der Waals surface area contributed by atoms with E-state index in [-0.39, 0.29) is 12.5 Å². The summed E-state index contributed by atoms with van der Waals surface area (Å²) < 4.78 is 1.68. The predicted molar refractivity (Wildman–Crippen MR) is 98.3 cm³/mol. The number of hydrogen-bond acceptors (Lipinski definition) is 4. The highest BCUT2D eigenvalue weighted by atomic mass is 16.2. The quantitative estimate of drug-likeness (QED) is 0.809. The molecule has 2 heterocycles. The van der Waals surface area contributed by atoms with Crippen LogP contribution in [0, 0.1) is 0 Å². The minimum absolute atomic E-state index is 0.285. The molecule has 2 fully saturated rings. The fraction of sp³-hybridized carbons (Fsp3) is 0.368. The van der Waals surface area contributed by atoms with Crippen LogP contribution in [0.25, 0.3) is 5.69 Å². The minimum Gasteiger partial charge on any atom is -0.324 e. The molecule has 2 aliphatic rings. The number of carbonyl (C=O) groups is 3. The molecule has 1 aromatic carbocycles. The molecule has 140 valence electrons. The van der Waals surface area contributed by atoms with Crippen LogP contribution >= 0.6 is 0 Å². The first-order chi connectivity index (χ1) is 13.1. The van der Waals surface area contributed by atoms with E-state index in [4.69, 9.17) is 0 Å². The number of anilines is 1. The number of amides is 4. The molecule has 4 amide bonds. The molecule has 0 atom stereocenters. The Hall–Kier alpha value is -3.16. The Labute approximate surface area is 156 Å². The van der Waals surface area contributed by atoms with Crippen LogP contribution in [0.15, 0.2) is 42.7 Å². The third-order valence-electron chi connectivity index (χ3n) is 5.15. The number of hydrogen-bond donors (Lipinski definition) is 2. The lowest BCUT2D eigenvalue weighted by Crippen LogP contribution is -2.48. The second-order valence-electron chi connectivity index (χ2n) is 7.01. The zero-order valence-corrected chi connectivity index (χ0v) is 14.9. The van der Waals surface area contributed by atoms with Gasteiger partial charge in [0, 0.05) is 18.1 Å². The number of aromatic nitrogens is 2. The molecule has 2 aromatic rings. The topological polar surface area (TPSA) is 96.3 Å². The van der Waals surface area contributed by atoms with Crippen LogP contribution in [0.5, 0.6) is 0 Å². The summed E-state index contributed by atoms with van der Waals surface area (Å²) in [7, 11) is 0. The molecular weight excluding hydrogens is 346 g/mol. The third-order valence-corrected chi connectivity index (χ3v) is 5.15. The van der Waals surface area contributed by atoms with Gasteiger partial charge in [0.05, 0.1) is 5.69 Å². The van der Waals surface area contributed by atoms with Crippen molar-refractivity contribution in [2.75, 3.05) is 11.9 Å². The Kier molecular flexibility index (Phi) is 4.39. The van der Waals surface area contributed by atoms with Gasteiger partial charge in [-0.1, -0.05) is 25.3 Å². The summed E-state index contributed by atoms with van der Waals surface area (Å²) in [5, 5.41) is 9.72. The van der Waals surface area contributed by atoms with Crippen molar-refractivity contribution < 1.29 is 14.4 Å². The van der Waals surface area contributed by atoms with Gasteiger partial charge in [-0.2, -0.15) is 5.10 Å². The van der Waals surface area contributed by atoms with Gasteiger partial charge in [-0.25, -0.2) is 9.48 Å². The van der Waals surface area contributed by atoms with Crippen molar-refractivity contribution in [3.8, 4) is 5.69 Å². The summed E-state index contributed by atoms with van der Waals surface area (Å²) >= 11 is 0. The molecule has 1 aliphatic carbocycles. The minimum atomic E-state index is -0.810. The van der Waals surface area contributed by atoms with Gasteiger partial charge in [-0.15, -0.1) is 0 Å². The number of nitrogens with one attached hydrogen (secondary N) is 2. The number of benzene rings is 1. The van der Waals surface area contributed by atoms with E-state index in [1.165, 1.54) is 0 Å². The van der Waals surface area contributed by atoms with E-state index in [0.29, 0.717) is 18.5 Å². The number of rotatable bonds is 4. The number of urea groups is 1. The van der Waals surface area contributed by atoms with Gasteiger partial charge in [0.1, 0.15) is 12.1 Å². The van der Waals surface area contributed by atoms with Crippen LogP contribution in [0.4, 0.5) is 10.5 Å². The van der Waals surface area contributed by atoms with Crippen molar-refractivity contribution in [2.45, 2.75) is 37.6 Å². The average Bonchev–Trinajstić information content (AvgIpc) is 3.27. The highest BCUT2D eigenvalue weighted by Gasteiger charge is 2.51. The molecule has 0 radical (unpaired) electrons. The van der Waals surface area contributed by atoms with Gasteiger partial charge < -0.3 is 10.6 Å². The van der Waals surface area contributed by atoms with Gasteiger partial charge >= 0.3 is 6.03 Å². The van der Waals surface area contributed by atoms with E-state index in [1.54, 1.807) is 35.3 Å². The number of nitrogens with zero attached hydrogens (tertiary/aromatic N) is 3. The largest absolute Gasteiger partial charge is 0.325 e. The normalized spacial score (nSPS) is 18.6. The smallest absolute Gasteiger partial charge is 0.324 e. The van der Waals surface area contributed by atoms with Crippen LogP contribution < -0.4 is 10.6 Å². The Morgan fingerprint density at radius 3 is 2.74 bits per heavy atom. The molecule has 27 heavy (non-hydrogen) atoms. The van der Waals surface area contributed by atoms with E-state index >= 15 is 0 Å². The van der Waals surface area contributed by atoms with Crippen molar-refractivity contribution >= 4 is 23.5 Å². The van der Waals surface area contributed by atoms with Crippen LogP contribution in [0.1, 0.15) is 32.1 Å². The fourth-order valence-corrected chi connectivity index (χ4v) is 3.81. The molecule has 0 bridgehead atoms. The zero-order chi connectivity index (χ0) is 18.9. The highest BCUT2D eigenvalue weighted by Crippen LogP contribution is 2.33. The first-order valence-corrected chi connectivity index (χ1v) is 9.11. The van der Waals surface area contributed by atoms with Gasteiger partial charge in [0.15, 0.2) is 0 Å². The number of imide groups is 1. The second kappa shape index (κ2) is 6.86. The molecule has 1 spiro atoms. The van der Waals surface area contributed by atoms with E-state index in [0.717, 1.165) is 29.8 Å². The van der Waals surface area contributed by atoms with Gasteiger partial charge in [0.2, 0.25) is 5.91 Å². The molecule has 1 saturated carbocycles. The summed E-state index contributed by atoms with van der Waals surface area (Å²) in [6.07, 6.45) is 7.64. The summed E-state index contributed by atoms with van der Waals surface area (Å²) in [5.74, 6) is -0.698. The maximum Gasteiger partial charge on any atom is 0.325 e. The lowest BCUT2D eigenvalue weighted by atomic mass is 9.82. The zero-order valence-electron chi connectivity index (χ0n) is 14.9. The second-order valence-corrected chi connectivity index (χ2v) is 7.01. The van der Waals surface area contributed by atoms with E-state index in [1.807, 2.05) is 12.1 Å². The molecular formula is C19H21N5O3. The standard InChI is InChI=1S/C19H21N5O3/c25-16(21-14-6-4-7-15(12-14)24-11-5-10-20-24)13-23-17(26)19(22-18(23)27)8-2-1-3-9-19/h4-7,10-12H,1-3,8-9,13H2,(H,21,25)(H,22,27). The molecule has 4 rings (SSSR count). The monoisotopic (exact) mass is 367 g/mol. The highest BCUT2D eigenvalue weighted by molar-refractivity contribution is 6.10. The maximum atomic E-state index is 12.7. The summed E-state index contributed by atoms with van der Waals surface area (Å²) in [5.41, 5.74) is 0.566. The lowest BCUT2D eigenvalue weighted by molar-refractivity contribution is -0.134. The summed E-state index contributed by atoms with van der Waals surface area (Å²) in [4.78, 5) is 38.4. The Bertz CT molecular complexity index is 871. The first-order valence-electron chi connectivity index (χ1n) is 9.11. The van der Waals surface area contributed by atoms with Crippen molar-refractivity contribution in [3.63, 3.8) is 0 Å². The molecule has 1 aliphatic heterocycles. The maximum absolute atomic E-state index is 12.7. The SMILES string of the molecule is O=C(CN1C(=O)NC2(CCCCC2)C1=O)Nc1cccc(-n2cccn2)c1. The van der Waals surface area contributed by atoms with Crippen molar-refractivity contribution in [1.29, 1.82) is 0 Å². The average molecular weight is 367 g/mol. The lowest BCUT2D eigenvalue weighted by Gasteiger charge is -2.30. The Morgan fingerprint density at radius 2 is 2.00 bits per heavy atom. The van der Waals surface area contributed by atoms with Crippen molar-refractivity contribution in [2.24, 2.45) is 0 Å². The van der Waals surface area contributed by atoms with Crippen LogP contribution in [0.3, 0.4) is 0 Å². The molecule has 1 saturated heterocycles. The van der Waals surface area contributed by atoms with E-state index in [2.05, 4.69) is 15.7 Å². The first kappa shape index (κ1) is 17.3. The summed E-state index contributed by atoms with van der Waals surface area (Å²) in [6.45, 7) is -0.293. The van der Waals surface area contributed by atoms with Crippen LogP contribution in [0.2, 0.25) is 0 Å². The fourth-order valence-electron chi connectivity index (χ4n) is 3.81. The van der Waals surface area contributed by atoms with Crippen molar-refractivity contribution in [1.82, 2.24) is 20.0 Å². The van der Waals surface area contributed by atoms with Gasteiger partial charge in [-0.05, 0) is 37.1 Å². The summed E-state index contributed by atoms with van der Waals surface area (Å²) in [6, 6.07) is 8.52. The van der Waals surface area contributed by atoms with Crippen LogP contribution in [-0.4, -0.2) is 44.6 Å². The Morgan fingerprint density at radius 1 is 1.19 bits per heavy atom. The molecule has 2 N–H and O–H groups in total. The molecule has 1 aromatic heterocycles. The van der Waals surface area contributed by atoms with Gasteiger partial charge in [-0.3, -0.25) is 14.5 Å². The van der Waals surface area contributed by atoms with Gasteiger partial charge in [0.25, 0.3) is 5.91 Å². The number of carbonyl (C=O) groups excluding carboxylic acids is 3. The predicted octanol–water partition coefficient (Wildman–Crippen LogP) is 2.07. The van der Waals surface area contributed by atoms with E-state index < -0.39 is 17.5 Å². The Balaban J connectivity index is 1.43. The third kappa shape index (κ3) is 3.30. The van der Waals surface area contributed by atoms with E-state index in [9.17, 15) is 14.4 Å². The molecule has 0 unspecified atom stereocenters. The van der Waals surface area contributed by atoms with Crippen LogP contribution in [-0.2, 0) is 9.59 Å².